The van der Waals surface area contributed by atoms with Gasteiger partial charge in [0, 0.05) is 233 Å². The van der Waals surface area contributed by atoms with Crippen LogP contribution in [0, 0.1) is 40.9 Å². The zero-order chi connectivity index (χ0) is 105. The van der Waals surface area contributed by atoms with Crippen LogP contribution in [-0.4, -0.2) is 253 Å². The van der Waals surface area contributed by atoms with Crippen molar-refractivity contribution in [3.63, 3.8) is 0 Å². The summed E-state index contributed by atoms with van der Waals surface area (Å²) in [5.74, 6) is 8.91. The van der Waals surface area contributed by atoms with E-state index in [1.165, 1.54) is 12.0 Å². The van der Waals surface area contributed by atoms with Gasteiger partial charge < -0.3 is 72.4 Å². The third-order valence-corrected chi connectivity index (χ3v) is 28.4. The van der Waals surface area contributed by atoms with Crippen molar-refractivity contribution >= 4 is 82.1 Å². The molecule has 788 valence electrons. The molecule has 11 heterocycles. The summed E-state index contributed by atoms with van der Waals surface area (Å²) in [6.45, 7) is 58.2. The van der Waals surface area contributed by atoms with Gasteiger partial charge in [-0.05, 0) is 132 Å². The molecule has 0 unspecified atom stereocenters. The molecule has 34 heteroatoms. The van der Waals surface area contributed by atoms with E-state index in [0.29, 0.717) is 60.0 Å². The van der Waals surface area contributed by atoms with Crippen LogP contribution in [0.4, 0.5) is 40.7 Å². The van der Waals surface area contributed by atoms with Crippen molar-refractivity contribution in [2.24, 2.45) is 40.9 Å². The molecule has 144 heavy (non-hydrogen) atoms. The van der Waals surface area contributed by atoms with Crippen LogP contribution < -0.4 is 47.9 Å². The maximum atomic E-state index is 12.4. The fourth-order valence-corrected chi connectivity index (χ4v) is 18.1. The summed E-state index contributed by atoms with van der Waals surface area (Å²) in [5, 5.41) is 29.2. The first-order chi connectivity index (χ1) is 67.4. The van der Waals surface area contributed by atoms with E-state index in [2.05, 4.69) is 275 Å². The number of hydrogen-bond donors (Lipinski definition) is 9. The second kappa shape index (κ2) is 48.2. The first-order valence-electron chi connectivity index (χ1n) is 52.5. The average Bonchev–Trinajstić information content (AvgIpc) is 0.791. The van der Waals surface area contributed by atoms with Crippen LogP contribution in [0.25, 0.3) is 0 Å². The Labute approximate surface area is 857 Å². The second-order valence-electron chi connectivity index (χ2n) is 49.5. The number of nitrogens with one attached hydrogen (secondary N) is 9. The lowest BCUT2D eigenvalue weighted by molar-refractivity contribution is -0.143. The number of piperidine rings is 1. The van der Waals surface area contributed by atoms with Gasteiger partial charge in [-0.1, -0.05) is 166 Å². The number of rotatable bonds is 20. The van der Waals surface area contributed by atoms with Gasteiger partial charge in [0.25, 0.3) is 0 Å². The van der Waals surface area contributed by atoms with E-state index in [4.69, 9.17) is 0 Å². The molecular formula is C110H171N27O7. The van der Waals surface area contributed by atoms with Gasteiger partial charge in [0.2, 0.25) is 41.4 Å². The average molecular weight is 1980 g/mol. The lowest BCUT2D eigenvalue weighted by Gasteiger charge is -2.42. The van der Waals surface area contributed by atoms with Crippen LogP contribution in [0.5, 0.6) is 0 Å². The van der Waals surface area contributed by atoms with E-state index in [-0.39, 0.29) is 102 Å². The molecule has 9 N–H and O–H groups in total. The largest absolute Gasteiger partial charge is 0.367 e. The smallest absolute Gasteiger partial charge is 0.228 e. The van der Waals surface area contributed by atoms with E-state index in [9.17, 15) is 33.6 Å². The van der Waals surface area contributed by atoms with Crippen LogP contribution in [-0.2, 0) is 71.5 Å². The highest BCUT2D eigenvalue weighted by Gasteiger charge is 2.44. The predicted molar refractivity (Wildman–Crippen MR) is 571 cm³/mol. The molecule has 34 nitrogen and oxygen atoms in total. The van der Waals surface area contributed by atoms with Gasteiger partial charge in [0.1, 0.15) is 78.7 Å². The summed E-state index contributed by atoms with van der Waals surface area (Å²) in [6, 6.07) is 18.6. The quantitative estimate of drug-likeness (QED) is 0.0342. The summed E-state index contributed by atoms with van der Waals surface area (Å²) in [5.41, 5.74) is 7.38. The number of aromatic nitrogens is 13. The molecule has 0 aromatic carbocycles. The van der Waals surface area contributed by atoms with Crippen molar-refractivity contribution < 1.29 is 33.6 Å². The van der Waals surface area contributed by atoms with E-state index in [0.717, 1.165) is 230 Å². The van der Waals surface area contributed by atoms with E-state index in [1.807, 2.05) is 92.2 Å². The summed E-state index contributed by atoms with van der Waals surface area (Å²) < 4.78 is 0. The molecule has 4 aliphatic heterocycles. The minimum absolute atomic E-state index is 0.0163. The van der Waals surface area contributed by atoms with Crippen molar-refractivity contribution in [2.75, 3.05) is 118 Å². The molecule has 4 saturated heterocycles. The van der Waals surface area contributed by atoms with Crippen molar-refractivity contribution in [1.82, 2.24) is 99.9 Å². The lowest BCUT2D eigenvalue weighted by Crippen LogP contribution is -2.59. The summed E-state index contributed by atoms with van der Waals surface area (Å²) in [6.07, 6.45) is 28.2. The molecule has 6 saturated carbocycles. The highest BCUT2D eigenvalue weighted by molar-refractivity contribution is 5.84. The highest BCUT2D eigenvalue weighted by atomic mass is 16.2. The molecule has 7 amide bonds. The fourth-order valence-electron chi connectivity index (χ4n) is 18.1. The molecule has 0 bridgehead atoms. The first kappa shape index (κ1) is 113. The van der Waals surface area contributed by atoms with E-state index >= 15 is 0 Å². The number of pyridine rings is 1. The highest BCUT2D eigenvalue weighted by Crippen LogP contribution is 2.40. The van der Waals surface area contributed by atoms with Gasteiger partial charge in [0.15, 0.2) is 0 Å². The number of carbonyl (C=O) groups excluding carboxylic acids is 7. The molecule has 0 atom stereocenters. The Morgan fingerprint density at radius 1 is 0.278 bits per heavy atom. The monoisotopic (exact) mass is 1980 g/mol. The molecule has 7 aromatic heterocycles. The number of hydrogen-bond acceptors (Lipinski definition) is 27. The summed E-state index contributed by atoms with van der Waals surface area (Å²) >= 11 is 0. The Hall–Kier alpha value is -11.5. The topological polar surface area (TPSA) is 412 Å². The molecular weight excluding hydrogens is 1810 g/mol. The van der Waals surface area contributed by atoms with Gasteiger partial charge in [-0.15, -0.1) is 0 Å². The van der Waals surface area contributed by atoms with Crippen LogP contribution in [0.1, 0.15) is 315 Å². The number of anilines is 7. The predicted octanol–water partition coefficient (Wildman–Crippen LogP) is 15.9. The molecule has 7 aromatic rings. The molecule has 10 fully saturated rings. The maximum absolute atomic E-state index is 12.4. The SMILES string of the molecule is CC(C)(C)C(=O)N1CC(Nc2cc(C(C)(C)C)ccn2)C1.CC(C)(C)c1cc(NC2CC(C(=O)N3CCC3)C2)ncn1.CC(C)(C)c1cc(NC2CC(C(=O)N3CCC3)C2)ncn1.CC(C)(C)c1cc(NC2CC(C(=O)N3CCCCC3)C2)ncn1.CN(C)C(=O)C1CC(Nc2cc(C(C)(C)C)ncn2)C1.CNC(=O)C1CC(Nc2cc(C(C)(C)C)ncn2)C1.CNC(=O)C1CC(Nc2cc(C(C)(C)C)ncn2)C1. The van der Waals surface area contributed by atoms with Crippen LogP contribution in [0.2, 0.25) is 0 Å². The number of amides is 7. The van der Waals surface area contributed by atoms with E-state index < -0.39 is 0 Å². The van der Waals surface area contributed by atoms with E-state index in [1.54, 1.807) is 57.0 Å². The lowest BCUT2D eigenvalue weighted by atomic mass is 9.79. The van der Waals surface area contributed by atoms with Gasteiger partial charge in [0.05, 0.1) is 40.2 Å². The van der Waals surface area contributed by atoms with Gasteiger partial charge >= 0.3 is 0 Å². The molecule has 0 radical (unpaired) electrons. The number of carbonyl (C=O) groups is 7. The summed E-state index contributed by atoms with van der Waals surface area (Å²) in [7, 11) is 6.98. The number of nitrogens with zero attached hydrogens (tertiary/aromatic N) is 18. The third-order valence-electron chi connectivity index (χ3n) is 28.4. The van der Waals surface area contributed by atoms with Crippen LogP contribution in [0.3, 0.4) is 0 Å². The Balaban J connectivity index is 0.000000160. The molecule has 6 aliphatic carbocycles. The second-order valence-corrected chi connectivity index (χ2v) is 49.5. The third kappa shape index (κ3) is 32.8. The minimum Gasteiger partial charge on any atom is -0.367 e. The van der Waals surface area contributed by atoms with Crippen molar-refractivity contribution in [3.05, 3.63) is 132 Å². The fraction of sp³-hybridized carbons (Fsp3) is 0.673. The molecule has 17 rings (SSSR count). The van der Waals surface area contributed by atoms with Crippen molar-refractivity contribution in [3.8, 4) is 0 Å². The van der Waals surface area contributed by atoms with Crippen molar-refractivity contribution in [1.29, 1.82) is 0 Å². The van der Waals surface area contributed by atoms with Gasteiger partial charge in [-0.3, -0.25) is 33.6 Å². The first-order valence-corrected chi connectivity index (χ1v) is 52.5. The van der Waals surface area contributed by atoms with Crippen molar-refractivity contribution in [2.45, 2.75) is 356 Å². The van der Waals surface area contributed by atoms with Gasteiger partial charge in [-0.2, -0.15) is 0 Å². The van der Waals surface area contributed by atoms with Crippen LogP contribution >= 0.6 is 0 Å². The normalized spacial score (nSPS) is 22.7. The Morgan fingerprint density at radius 3 is 0.736 bits per heavy atom. The maximum Gasteiger partial charge on any atom is 0.228 e. The Morgan fingerprint density at radius 2 is 0.514 bits per heavy atom. The Kier molecular flexibility index (Phi) is 37.8. The van der Waals surface area contributed by atoms with Crippen LogP contribution in [0.15, 0.2) is 92.7 Å². The standard InChI is InChI=1S/C18H28N4O.C17H27N3O.2C16H24N4O.C15H24N4O.2C14H22N4O/c1-18(2,3)15-11-16(20-12-19-15)21-14-9-13(10-14)17(23)22-7-5-4-6-8-22;1-16(2,3)12-7-8-18-14(9-12)19-13-10-20(11-13)15(21)17(4,5)6;2*1-16(2,3)13-9-14(18-10-17-13)19-12-7-11(8-12)15(21)20-5-4-6-20;1-15(2,3)12-8-13(17-9-16-12)18-11-6-10(7-11)14(20)19(4)5;2*1-14(2,3)11-7-12(17-8-16-11)18-10-5-9(6-10)13(19)15-4/h11-14H,4-10H2,1-3H3,(H,19,20,21);7-9,13H,10-11H2,1-6H3,(H,18,19);2*9-12H,4-8H2,1-3H3,(H,17,18,19);8-11H,6-7H2,1-5H3,(H,16,17,18);2*7-10H,5-6H2,1-4H3,(H,15,19)(H,16,17,18). The number of likely N-dealkylation sites (tertiary alicyclic amines) is 4. The van der Waals surface area contributed by atoms with Gasteiger partial charge in [-0.25, -0.2) is 64.8 Å². The molecule has 10 aliphatic rings. The zero-order valence-corrected chi connectivity index (χ0v) is 91.8. The Bertz CT molecular complexity index is 5210. The molecule has 0 spiro atoms. The zero-order valence-electron chi connectivity index (χ0n) is 91.8. The minimum atomic E-state index is -0.296. The summed E-state index contributed by atoms with van der Waals surface area (Å²) in [4.78, 5) is 149.